The van der Waals surface area contributed by atoms with E-state index in [-0.39, 0.29) is 0 Å². The summed E-state index contributed by atoms with van der Waals surface area (Å²) in [6, 6.07) is 0.516. The van der Waals surface area contributed by atoms with E-state index in [1.54, 1.807) is 0 Å². The van der Waals surface area contributed by atoms with Gasteiger partial charge in [0.05, 0.1) is 6.04 Å². The summed E-state index contributed by atoms with van der Waals surface area (Å²) in [6.45, 7) is 5.89. The maximum atomic E-state index is 3.72. The van der Waals surface area contributed by atoms with Crippen molar-refractivity contribution < 1.29 is 0 Å². The van der Waals surface area contributed by atoms with Crippen molar-refractivity contribution in [1.82, 2.24) is 4.90 Å². The Morgan fingerprint density at radius 2 is 2.40 bits per heavy atom. The number of hydrogen-bond donors (Lipinski definition) is 0. The van der Waals surface area contributed by atoms with Gasteiger partial charge in [0.1, 0.15) is 0 Å². The van der Waals surface area contributed by atoms with Gasteiger partial charge in [0.2, 0.25) is 0 Å². The molecule has 0 amide bonds. The lowest BCUT2D eigenvalue weighted by Gasteiger charge is -2.25. The Morgan fingerprint density at radius 1 is 1.60 bits per heavy atom. The normalized spacial score (nSPS) is 23.3. The molecule has 0 N–H and O–H groups in total. The lowest BCUT2D eigenvalue weighted by molar-refractivity contribution is 0.412. The van der Waals surface area contributed by atoms with Gasteiger partial charge in [0.15, 0.2) is 0 Å². The lowest BCUT2D eigenvalue weighted by Crippen LogP contribution is -2.24. The van der Waals surface area contributed by atoms with Crippen LogP contribution in [0.1, 0.15) is 13.3 Å². The first-order valence-electron chi connectivity index (χ1n) is 3.63. The molecular weight excluding hydrogens is 122 g/mol. The number of allylic oxidation sites excluding steroid dienone is 2. The molecule has 0 fully saturated rings. The van der Waals surface area contributed by atoms with Gasteiger partial charge < -0.3 is 4.90 Å². The molecule has 0 saturated carbocycles. The summed E-state index contributed by atoms with van der Waals surface area (Å²) in [5.74, 6) is 0. The van der Waals surface area contributed by atoms with Crippen LogP contribution in [0, 0.1) is 0 Å². The Labute approximate surface area is 62.3 Å². The van der Waals surface area contributed by atoms with E-state index in [9.17, 15) is 0 Å². The molecule has 1 aliphatic rings. The zero-order valence-corrected chi connectivity index (χ0v) is 6.33. The molecule has 54 valence electrons. The van der Waals surface area contributed by atoms with Crippen LogP contribution in [0.15, 0.2) is 37.2 Å². The second kappa shape index (κ2) is 3.25. The monoisotopic (exact) mass is 135 g/mol. The van der Waals surface area contributed by atoms with Crippen molar-refractivity contribution in [3.63, 3.8) is 0 Å². The van der Waals surface area contributed by atoms with Crippen LogP contribution in [0.2, 0.25) is 0 Å². The largest absolute Gasteiger partial charge is 0.348 e. The third-order valence-corrected chi connectivity index (χ3v) is 1.71. The second-order valence-electron chi connectivity index (χ2n) is 2.33. The first-order valence-corrected chi connectivity index (χ1v) is 3.63. The highest BCUT2D eigenvalue weighted by Gasteiger charge is 2.07. The van der Waals surface area contributed by atoms with E-state index < -0.39 is 0 Å². The quantitative estimate of drug-likeness (QED) is 0.561. The van der Waals surface area contributed by atoms with E-state index >= 15 is 0 Å². The highest BCUT2D eigenvalue weighted by molar-refractivity contribution is 5.14. The average molecular weight is 135 g/mol. The topological polar surface area (TPSA) is 3.24 Å². The van der Waals surface area contributed by atoms with Crippen molar-refractivity contribution in [1.29, 1.82) is 0 Å². The second-order valence-corrected chi connectivity index (χ2v) is 2.33. The van der Waals surface area contributed by atoms with Crippen molar-refractivity contribution in [3.05, 3.63) is 37.2 Å². The maximum Gasteiger partial charge on any atom is 0.0510 e. The SMILES string of the molecule is C=CN1C=CC=CC1CC. The lowest BCUT2D eigenvalue weighted by atomic mass is 10.1. The maximum absolute atomic E-state index is 3.72. The Bertz CT molecular complexity index is 168. The molecule has 1 heterocycles. The van der Waals surface area contributed by atoms with E-state index in [0.717, 1.165) is 6.42 Å². The highest BCUT2D eigenvalue weighted by atomic mass is 15.1. The molecule has 0 aliphatic carbocycles. The summed E-state index contributed by atoms with van der Waals surface area (Å²) in [5.41, 5.74) is 0. The fourth-order valence-corrected chi connectivity index (χ4v) is 1.09. The Kier molecular flexibility index (Phi) is 2.32. The van der Waals surface area contributed by atoms with Crippen LogP contribution >= 0.6 is 0 Å². The van der Waals surface area contributed by atoms with Crippen LogP contribution in [-0.2, 0) is 0 Å². The standard InChI is InChI=1S/C9H13N/c1-3-9-7-5-6-8-10(9)4-2/h4-9H,2-3H2,1H3. The molecule has 1 atom stereocenters. The van der Waals surface area contributed by atoms with Crippen LogP contribution in [0.5, 0.6) is 0 Å². The number of rotatable bonds is 2. The molecule has 1 nitrogen and oxygen atoms in total. The van der Waals surface area contributed by atoms with Gasteiger partial charge in [-0.2, -0.15) is 0 Å². The van der Waals surface area contributed by atoms with E-state index in [2.05, 4.69) is 30.6 Å². The summed E-state index contributed by atoms with van der Waals surface area (Å²) in [7, 11) is 0. The number of nitrogens with zero attached hydrogens (tertiary/aromatic N) is 1. The molecule has 0 radical (unpaired) electrons. The molecule has 0 aromatic rings. The van der Waals surface area contributed by atoms with Crippen LogP contribution in [-0.4, -0.2) is 10.9 Å². The summed E-state index contributed by atoms with van der Waals surface area (Å²) >= 11 is 0. The number of hydrogen-bond acceptors (Lipinski definition) is 1. The van der Waals surface area contributed by atoms with E-state index in [1.807, 2.05) is 18.5 Å². The zero-order valence-electron chi connectivity index (χ0n) is 6.33. The van der Waals surface area contributed by atoms with Gasteiger partial charge in [-0.05, 0) is 18.7 Å². The van der Waals surface area contributed by atoms with Gasteiger partial charge >= 0.3 is 0 Å². The summed E-state index contributed by atoms with van der Waals surface area (Å²) in [6.07, 6.45) is 11.3. The third-order valence-electron chi connectivity index (χ3n) is 1.71. The van der Waals surface area contributed by atoms with Crippen molar-refractivity contribution in [2.45, 2.75) is 19.4 Å². The van der Waals surface area contributed by atoms with E-state index in [0.29, 0.717) is 6.04 Å². The fourth-order valence-electron chi connectivity index (χ4n) is 1.09. The van der Waals surface area contributed by atoms with Gasteiger partial charge in [-0.3, -0.25) is 0 Å². The molecule has 0 bridgehead atoms. The molecule has 1 heteroatoms. The molecule has 1 rings (SSSR count). The minimum atomic E-state index is 0.516. The highest BCUT2D eigenvalue weighted by Crippen LogP contribution is 2.10. The predicted molar refractivity (Wildman–Crippen MR) is 44.4 cm³/mol. The van der Waals surface area contributed by atoms with Crippen LogP contribution in [0.4, 0.5) is 0 Å². The molecule has 10 heavy (non-hydrogen) atoms. The molecule has 0 saturated heterocycles. The van der Waals surface area contributed by atoms with E-state index in [1.165, 1.54) is 0 Å². The van der Waals surface area contributed by atoms with Gasteiger partial charge in [-0.15, -0.1) is 0 Å². The first kappa shape index (κ1) is 7.13. The van der Waals surface area contributed by atoms with Crippen molar-refractivity contribution >= 4 is 0 Å². The molecular formula is C9H13N. The van der Waals surface area contributed by atoms with Gasteiger partial charge in [0, 0.05) is 6.20 Å². The Morgan fingerprint density at radius 3 is 2.90 bits per heavy atom. The smallest absolute Gasteiger partial charge is 0.0510 e. The third kappa shape index (κ3) is 1.29. The summed E-state index contributed by atoms with van der Waals surface area (Å²) in [5, 5.41) is 0. The van der Waals surface area contributed by atoms with Gasteiger partial charge in [-0.25, -0.2) is 0 Å². The summed E-state index contributed by atoms with van der Waals surface area (Å²) in [4.78, 5) is 2.11. The van der Waals surface area contributed by atoms with E-state index in [4.69, 9.17) is 0 Å². The minimum Gasteiger partial charge on any atom is -0.348 e. The molecule has 0 spiro atoms. The minimum absolute atomic E-state index is 0.516. The summed E-state index contributed by atoms with van der Waals surface area (Å²) < 4.78 is 0. The molecule has 0 aromatic heterocycles. The van der Waals surface area contributed by atoms with Crippen molar-refractivity contribution in [3.8, 4) is 0 Å². The predicted octanol–water partition coefficient (Wildman–Crippen LogP) is 2.29. The molecule has 1 aliphatic heterocycles. The van der Waals surface area contributed by atoms with Gasteiger partial charge in [-0.1, -0.05) is 25.7 Å². The zero-order chi connectivity index (χ0) is 7.40. The Hall–Kier alpha value is -0.980. The van der Waals surface area contributed by atoms with Crippen LogP contribution in [0.3, 0.4) is 0 Å². The Balaban J connectivity index is 2.63. The van der Waals surface area contributed by atoms with Crippen LogP contribution in [0.25, 0.3) is 0 Å². The van der Waals surface area contributed by atoms with Gasteiger partial charge in [0.25, 0.3) is 0 Å². The molecule has 0 aromatic carbocycles. The van der Waals surface area contributed by atoms with Crippen molar-refractivity contribution in [2.24, 2.45) is 0 Å². The fraction of sp³-hybridized carbons (Fsp3) is 0.333. The average Bonchev–Trinajstić information content (AvgIpc) is 2.04. The molecule has 1 unspecified atom stereocenters. The van der Waals surface area contributed by atoms with Crippen molar-refractivity contribution in [2.75, 3.05) is 0 Å². The first-order chi connectivity index (χ1) is 4.88. The van der Waals surface area contributed by atoms with Crippen LogP contribution < -0.4 is 0 Å².